The van der Waals surface area contributed by atoms with E-state index in [2.05, 4.69) is 0 Å². The standard InChI is InChI=1S/C12H18O4/c1-9(13)15-10-5-6-11(8-10)16-12-4-2-3-7-14-12/h5-6,10-12H,2-4,7-8H2,1H3/t10-,11+,12?/m1/s1. The second-order valence-corrected chi connectivity index (χ2v) is 4.24. The molecule has 2 rings (SSSR count). The monoisotopic (exact) mass is 226 g/mol. The van der Waals surface area contributed by atoms with E-state index in [0.717, 1.165) is 25.9 Å². The molecule has 1 aliphatic carbocycles. The summed E-state index contributed by atoms with van der Waals surface area (Å²) in [5.74, 6) is -0.246. The minimum Gasteiger partial charge on any atom is -0.458 e. The van der Waals surface area contributed by atoms with Gasteiger partial charge in [0.25, 0.3) is 0 Å². The van der Waals surface area contributed by atoms with Crippen LogP contribution in [0.5, 0.6) is 0 Å². The van der Waals surface area contributed by atoms with Gasteiger partial charge in [-0.05, 0) is 25.3 Å². The molecular formula is C12H18O4. The summed E-state index contributed by atoms with van der Waals surface area (Å²) in [6.45, 7) is 2.21. The minimum absolute atomic E-state index is 0.0208. The number of ether oxygens (including phenoxy) is 3. The van der Waals surface area contributed by atoms with Gasteiger partial charge in [0.05, 0.1) is 6.10 Å². The van der Waals surface area contributed by atoms with Crippen LogP contribution in [0.2, 0.25) is 0 Å². The van der Waals surface area contributed by atoms with Crippen molar-refractivity contribution in [3.8, 4) is 0 Å². The molecule has 3 atom stereocenters. The van der Waals surface area contributed by atoms with Crippen LogP contribution in [-0.2, 0) is 19.0 Å². The van der Waals surface area contributed by atoms with Crippen LogP contribution < -0.4 is 0 Å². The predicted octanol–water partition coefficient (Wildman–Crippen LogP) is 1.79. The van der Waals surface area contributed by atoms with Crippen molar-refractivity contribution in [1.82, 2.24) is 0 Å². The highest BCUT2D eigenvalue weighted by molar-refractivity contribution is 5.66. The number of rotatable bonds is 3. The Kier molecular flexibility index (Phi) is 3.96. The van der Waals surface area contributed by atoms with Gasteiger partial charge in [0.1, 0.15) is 6.10 Å². The predicted molar refractivity (Wildman–Crippen MR) is 57.8 cm³/mol. The van der Waals surface area contributed by atoms with Crippen LogP contribution in [0, 0.1) is 0 Å². The molecule has 0 aromatic heterocycles. The Morgan fingerprint density at radius 1 is 1.31 bits per heavy atom. The van der Waals surface area contributed by atoms with Crippen LogP contribution in [0.15, 0.2) is 12.2 Å². The van der Waals surface area contributed by atoms with Gasteiger partial charge in [0.2, 0.25) is 0 Å². The van der Waals surface area contributed by atoms with Crippen LogP contribution in [0.25, 0.3) is 0 Å². The van der Waals surface area contributed by atoms with Crippen LogP contribution >= 0.6 is 0 Å². The number of hydrogen-bond acceptors (Lipinski definition) is 4. The van der Waals surface area contributed by atoms with E-state index in [4.69, 9.17) is 14.2 Å². The van der Waals surface area contributed by atoms with Crippen molar-refractivity contribution in [3.05, 3.63) is 12.2 Å². The van der Waals surface area contributed by atoms with E-state index >= 15 is 0 Å². The summed E-state index contributed by atoms with van der Waals surface area (Å²) in [5, 5.41) is 0. The molecule has 0 bridgehead atoms. The molecule has 0 saturated carbocycles. The fourth-order valence-corrected chi connectivity index (χ4v) is 2.05. The molecule has 4 heteroatoms. The molecule has 1 unspecified atom stereocenters. The number of hydrogen-bond donors (Lipinski definition) is 0. The summed E-state index contributed by atoms with van der Waals surface area (Å²) < 4.78 is 16.3. The fraction of sp³-hybridized carbons (Fsp3) is 0.750. The Morgan fingerprint density at radius 2 is 2.12 bits per heavy atom. The van der Waals surface area contributed by atoms with Crippen LogP contribution in [0.1, 0.15) is 32.6 Å². The third-order valence-corrected chi connectivity index (χ3v) is 2.79. The number of esters is 1. The molecule has 1 saturated heterocycles. The first-order valence-electron chi connectivity index (χ1n) is 5.86. The van der Waals surface area contributed by atoms with Crippen LogP contribution in [-0.4, -0.2) is 31.1 Å². The summed E-state index contributed by atoms with van der Waals surface area (Å²) >= 11 is 0. The van der Waals surface area contributed by atoms with Crippen molar-refractivity contribution < 1.29 is 19.0 Å². The van der Waals surface area contributed by atoms with Gasteiger partial charge in [-0.3, -0.25) is 4.79 Å². The molecule has 1 aliphatic heterocycles. The van der Waals surface area contributed by atoms with Gasteiger partial charge in [-0.15, -0.1) is 0 Å². The average molecular weight is 226 g/mol. The molecule has 2 aliphatic rings. The van der Waals surface area contributed by atoms with Gasteiger partial charge in [-0.2, -0.15) is 0 Å². The third-order valence-electron chi connectivity index (χ3n) is 2.79. The van der Waals surface area contributed by atoms with E-state index in [1.54, 1.807) is 0 Å². The molecule has 0 radical (unpaired) electrons. The highest BCUT2D eigenvalue weighted by Gasteiger charge is 2.25. The normalized spacial score (nSPS) is 33.9. The maximum Gasteiger partial charge on any atom is 0.303 e. The highest BCUT2D eigenvalue weighted by atomic mass is 16.7. The van der Waals surface area contributed by atoms with Crippen molar-refractivity contribution in [3.63, 3.8) is 0 Å². The Hall–Kier alpha value is -0.870. The van der Waals surface area contributed by atoms with E-state index in [9.17, 15) is 4.79 Å². The third kappa shape index (κ3) is 3.32. The van der Waals surface area contributed by atoms with E-state index in [-0.39, 0.29) is 24.5 Å². The molecule has 0 aromatic carbocycles. The first-order valence-corrected chi connectivity index (χ1v) is 5.86. The summed E-state index contributed by atoms with van der Waals surface area (Å²) in [4.78, 5) is 10.8. The summed E-state index contributed by atoms with van der Waals surface area (Å²) in [5.41, 5.74) is 0. The molecular weight excluding hydrogens is 208 g/mol. The zero-order chi connectivity index (χ0) is 11.4. The number of carbonyl (C=O) groups is 1. The van der Waals surface area contributed by atoms with Crippen molar-refractivity contribution in [2.75, 3.05) is 6.61 Å². The molecule has 1 heterocycles. The lowest BCUT2D eigenvalue weighted by atomic mass is 10.2. The largest absolute Gasteiger partial charge is 0.458 e. The van der Waals surface area contributed by atoms with Crippen molar-refractivity contribution in [2.45, 2.75) is 51.1 Å². The highest BCUT2D eigenvalue weighted by Crippen LogP contribution is 2.22. The van der Waals surface area contributed by atoms with Gasteiger partial charge in [0.15, 0.2) is 6.29 Å². The van der Waals surface area contributed by atoms with Crippen LogP contribution in [0.4, 0.5) is 0 Å². The lowest BCUT2D eigenvalue weighted by Gasteiger charge is -2.25. The molecule has 4 nitrogen and oxygen atoms in total. The van der Waals surface area contributed by atoms with Crippen molar-refractivity contribution in [2.24, 2.45) is 0 Å². The van der Waals surface area contributed by atoms with Gasteiger partial charge < -0.3 is 14.2 Å². The molecule has 1 fully saturated rings. The summed E-state index contributed by atoms with van der Waals surface area (Å²) in [6, 6.07) is 0. The SMILES string of the molecule is CC(=O)O[C@@H]1C=C[C@H](OC2CCCCO2)C1. The topological polar surface area (TPSA) is 44.8 Å². The first-order chi connectivity index (χ1) is 7.74. The molecule has 90 valence electrons. The number of carbonyl (C=O) groups excluding carboxylic acids is 1. The lowest BCUT2D eigenvalue weighted by Crippen LogP contribution is -2.27. The second-order valence-electron chi connectivity index (χ2n) is 4.24. The van der Waals surface area contributed by atoms with Gasteiger partial charge in [-0.25, -0.2) is 0 Å². The Labute approximate surface area is 95.6 Å². The maximum absolute atomic E-state index is 10.8. The zero-order valence-electron chi connectivity index (χ0n) is 9.56. The van der Waals surface area contributed by atoms with Gasteiger partial charge in [-0.1, -0.05) is 6.08 Å². The average Bonchev–Trinajstić information content (AvgIpc) is 2.66. The Morgan fingerprint density at radius 3 is 2.81 bits per heavy atom. The van der Waals surface area contributed by atoms with E-state index in [1.165, 1.54) is 6.92 Å². The van der Waals surface area contributed by atoms with Gasteiger partial charge in [0, 0.05) is 20.0 Å². The fourth-order valence-electron chi connectivity index (χ4n) is 2.05. The molecule has 0 spiro atoms. The molecule has 16 heavy (non-hydrogen) atoms. The smallest absolute Gasteiger partial charge is 0.303 e. The quantitative estimate of drug-likeness (QED) is 0.543. The second kappa shape index (κ2) is 5.46. The van der Waals surface area contributed by atoms with Crippen molar-refractivity contribution >= 4 is 5.97 Å². The molecule has 0 amide bonds. The minimum atomic E-state index is -0.246. The maximum atomic E-state index is 10.8. The molecule has 0 N–H and O–H groups in total. The van der Waals surface area contributed by atoms with E-state index in [1.807, 2.05) is 12.2 Å². The summed E-state index contributed by atoms with van der Waals surface area (Å²) in [7, 11) is 0. The van der Waals surface area contributed by atoms with Gasteiger partial charge >= 0.3 is 5.97 Å². The van der Waals surface area contributed by atoms with E-state index < -0.39 is 0 Å². The lowest BCUT2D eigenvalue weighted by molar-refractivity contribution is -0.181. The molecule has 0 aromatic rings. The van der Waals surface area contributed by atoms with E-state index in [0.29, 0.717) is 6.42 Å². The van der Waals surface area contributed by atoms with Crippen molar-refractivity contribution in [1.29, 1.82) is 0 Å². The summed E-state index contributed by atoms with van der Waals surface area (Å²) in [6.07, 6.45) is 7.59. The Balaban J connectivity index is 1.72. The van der Waals surface area contributed by atoms with Crippen LogP contribution in [0.3, 0.4) is 0 Å². The zero-order valence-corrected chi connectivity index (χ0v) is 9.56. The first kappa shape index (κ1) is 11.6. The Bertz CT molecular complexity index is 268.